The fourth-order valence-corrected chi connectivity index (χ4v) is 1.51. The maximum atomic E-state index is 11.5. The Morgan fingerprint density at radius 3 is 3.00 bits per heavy atom. The molecular weight excluding hydrogens is 162 g/mol. The maximum Gasteiger partial charge on any atom is 0.164 e. The number of ketones is 1. The Hall–Kier alpha value is -1.57. The lowest BCUT2D eigenvalue weighted by Crippen LogP contribution is -1.96. The van der Waals surface area contributed by atoms with Crippen molar-refractivity contribution in [3.63, 3.8) is 0 Å². The minimum Gasteiger partial charge on any atom is -0.361 e. The second-order valence-electron chi connectivity index (χ2n) is 3.02. The number of rotatable bonds is 2. The van der Waals surface area contributed by atoms with Gasteiger partial charge in [-0.15, -0.1) is 0 Å². The van der Waals surface area contributed by atoms with Crippen LogP contribution in [0.15, 0.2) is 30.5 Å². The summed E-state index contributed by atoms with van der Waals surface area (Å²) in [5.74, 6) is 0.188. The van der Waals surface area contributed by atoms with Crippen molar-refractivity contribution in [2.24, 2.45) is 0 Å². The van der Waals surface area contributed by atoms with E-state index in [-0.39, 0.29) is 5.78 Å². The van der Waals surface area contributed by atoms with Crippen molar-refractivity contribution in [2.75, 3.05) is 0 Å². The molecule has 0 bridgehead atoms. The van der Waals surface area contributed by atoms with Gasteiger partial charge in [0.15, 0.2) is 5.78 Å². The molecule has 0 unspecified atom stereocenters. The standard InChI is InChI=1S/C11H11NO/c1-2-10(13)9-5-3-4-8-6-7-12-11(8)9/h3-7,12H,2H2,1H3. The highest BCUT2D eigenvalue weighted by molar-refractivity contribution is 6.06. The highest BCUT2D eigenvalue weighted by Crippen LogP contribution is 2.17. The minimum atomic E-state index is 0.188. The quantitative estimate of drug-likeness (QED) is 0.696. The lowest BCUT2D eigenvalue weighted by molar-refractivity contribution is 0.0989. The highest BCUT2D eigenvalue weighted by Gasteiger charge is 2.07. The lowest BCUT2D eigenvalue weighted by atomic mass is 10.1. The van der Waals surface area contributed by atoms with Gasteiger partial charge in [-0.25, -0.2) is 0 Å². The van der Waals surface area contributed by atoms with Gasteiger partial charge < -0.3 is 4.98 Å². The summed E-state index contributed by atoms with van der Waals surface area (Å²) >= 11 is 0. The zero-order chi connectivity index (χ0) is 9.26. The lowest BCUT2D eigenvalue weighted by Gasteiger charge is -1.99. The summed E-state index contributed by atoms with van der Waals surface area (Å²) < 4.78 is 0. The molecule has 2 nitrogen and oxygen atoms in total. The molecule has 1 aromatic carbocycles. The third kappa shape index (κ3) is 1.24. The van der Waals surface area contributed by atoms with E-state index < -0.39 is 0 Å². The molecule has 0 fully saturated rings. The van der Waals surface area contributed by atoms with Crippen LogP contribution in [0.5, 0.6) is 0 Å². The summed E-state index contributed by atoms with van der Waals surface area (Å²) in [4.78, 5) is 14.6. The van der Waals surface area contributed by atoms with Crippen LogP contribution in [0, 0.1) is 0 Å². The Bertz CT molecular complexity index is 442. The average Bonchev–Trinajstić information content (AvgIpc) is 2.63. The van der Waals surface area contributed by atoms with E-state index in [1.807, 2.05) is 37.4 Å². The molecule has 0 saturated carbocycles. The number of carbonyl (C=O) groups is 1. The SMILES string of the molecule is CCC(=O)c1cccc2cc[nH]c12. The largest absolute Gasteiger partial charge is 0.361 e. The zero-order valence-electron chi connectivity index (χ0n) is 7.50. The molecule has 0 aliphatic carbocycles. The van der Waals surface area contributed by atoms with Gasteiger partial charge in [0.2, 0.25) is 0 Å². The molecule has 0 spiro atoms. The molecule has 2 aromatic rings. The Morgan fingerprint density at radius 1 is 1.38 bits per heavy atom. The van der Waals surface area contributed by atoms with E-state index in [0.29, 0.717) is 6.42 Å². The van der Waals surface area contributed by atoms with Crippen molar-refractivity contribution < 1.29 is 4.79 Å². The number of benzene rings is 1. The Morgan fingerprint density at radius 2 is 2.23 bits per heavy atom. The fourth-order valence-electron chi connectivity index (χ4n) is 1.51. The number of Topliss-reactive ketones (excluding diaryl/α,β-unsaturated/α-hetero) is 1. The van der Waals surface area contributed by atoms with Crippen LogP contribution >= 0.6 is 0 Å². The third-order valence-corrected chi connectivity index (χ3v) is 2.21. The number of hydrogen-bond donors (Lipinski definition) is 1. The molecule has 0 aliphatic heterocycles. The van der Waals surface area contributed by atoms with Crippen LogP contribution in [0.2, 0.25) is 0 Å². The summed E-state index contributed by atoms with van der Waals surface area (Å²) in [6.07, 6.45) is 2.41. The molecular formula is C11H11NO. The van der Waals surface area contributed by atoms with E-state index in [9.17, 15) is 4.79 Å². The van der Waals surface area contributed by atoms with Gasteiger partial charge >= 0.3 is 0 Å². The van der Waals surface area contributed by atoms with E-state index in [2.05, 4.69) is 4.98 Å². The van der Waals surface area contributed by atoms with Crippen molar-refractivity contribution in [2.45, 2.75) is 13.3 Å². The molecule has 1 aromatic heterocycles. The maximum absolute atomic E-state index is 11.5. The normalized spacial score (nSPS) is 10.5. The first-order chi connectivity index (χ1) is 6.33. The van der Waals surface area contributed by atoms with E-state index in [4.69, 9.17) is 0 Å². The van der Waals surface area contributed by atoms with Crippen LogP contribution in [-0.4, -0.2) is 10.8 Å². The molecule has 0 atom stereocenters. The second kappa shape index (κ2) is 3.05. The van der Waals surface area contributed by atoms with Crippen LogP contribution in [0.3, 0.4) is 0 Å². The van der Waals surface area contributed by atoms with Crippen LogP contribution < -0.4 is 0 Å². The summed E-state index contributed by atoms with van der Waals surface area (Å²) in [5.41, 5.74) is 1.75. The average molecular weight is 173 g/mol. The summed E-state index contributed by atoms with van der Waals surface area (Å²) in [5, 5.41) is 1.10. The van der Waals surface area contributed by atoms with Gasteiger partial charge in [0.05, 0.1) is 5.52 Å². The van der Waals surface area contributed by atoms with Crippen molar-refractivity contribution >= 4 is 16.7 Å². The van der Waals surface area contributed by atoms with Crippen LogP contribution in [0.1, 0.15) is 23.7 Å². The van der Waals surface area contributed by atoms with Crippen LogP contribution in [0.25, 0.3) is 10.9 Å². The smallest absolute Gasteiger partial charge is 0.164 e. The zero-order valence-corrected chi connectivity index (χ0v) is 7.50. The molecule has 66 valence electrons. The Kier molecular flexibility index (Phi) is 1.89. The van der Waals surface area contributed by atoms with E-state index in [1.165, 1.54) is 0 Å². The van der Waals surface area contributed by atoms with E-state index >= 15 is 0 Å². The third-order valence-electron chi connectivity index (χ3n) is 2.21. The van der Waals surface area contributed by atoms with Crippen molar-refractivity contribution in [3.8, 4) is 0 Å². The topological polar surface area (TPSA) is 32.9 Å². The van der Waals surface area contributed by atoms with Gasteiger partial charge in [0.1, 0.15) is 0 Å². The van der Waals surface area contributed by atoms with Gasteiger partial charge in [-0.05, 0) is 12.1 Å². The number of fused-ring (bicyclic) bond motifs is 1. The second-order valence-corrected chi connectivity index (χ2v) is 3.02. The number of aromatic amines is 1. The minimum absolute atomic E-state index is 0.188. The highest BCUT2D eigenvalue weighted by atomic mass is 16.1. The first-order valence-electron chi connectivity index (χ1n) is 4.42. The number of nitrogens with one attached hydrogen (secondary N) is 1. The molecule has 0 aliphatic rings. The number of para-hydroxylation sites is 1. The van der Waals surface area contributed by atoms with Gasteiger partial charge in [-0.1, -0.05) is 19.1 Å². The first-order valence-corrected chi connectivity index (χ1v) is 4.42. The number of H-pyrrole nitrogens is 1. The molecule has 1 N–H and O–H groups in total. The van der Waals surface area contributed by atoms with Gasteiger partial charge in [-0.3, -0.25) is 4.79 Å². The molecule has 0 radical (unpaired) electrons. The molecule has 2 rings (SSSR count). The number of aromatic nitrogens is 1. The predicted octanol–water partition coefficient (Wildman–Crippen LogP) is 2.76. The van der Waals surface area contributed by atoms with E-state index in [1.54, 1.807) is 0 Å². The Labute approximate surface area is 76.6 Å². The summed E-state index contributed by atoms with van der Waals surface area (Å²) in [7, 11) is 0. The molecule has 0 amide bonds. The first kappa shape index (κ1) is 8.05. The molecule has 0 saturated heterocycles. The fraction of sp³-hybridized carbons (Fsp3) is 0.182. The van der Waals surface area contributed by atoms with Crippen molar-refractivity contribution in [1.29, 1.82) is 0 Å². The van der Waals surface area contributed by atoms with E-state index in [0.717, 1.165) is 16.5 Å². The van der Waals surface area contributed by atoms with Gasteiger partial charge in [0, 0.05) is 23.6 Å². The van der Waals surface area contributed by atoms with Gasteiger partial charge in [-0.2, -0.15) is 0 Å². The predicted molar refractivity (Wildman–Crippen MR) is 52.9 cm³/mol. The monoisotopic (exact) mass is 173 g/mol. The van der Waals surface area contributed by atoms with Crippen molar-refractivity contribution in [3.05, 3.63) is 36.0 Å². The number of carbonyl (C=O) groups excluding carboxylic acids is 1. The number of hydrogen-bond acceptors (Lipinski definition) is 1. The molecule has 2 heteroatoms. The Balaban J connectivity index is 2.67. The van der Waals surface area contributed by atoms with Crippen LogP contribution in [-0.2, 0) is 0 Å². The van der Waals surface area contributed by atoms with Crippen LogP contribution in [0.4, 0.5) is 0 Å². The van der Waals surface area contributed by atoms with Gasteiger partial charge in [0.25, 0.3) is 0 Å². The summed E-state index contributed by atoms with van der Waals surface area (Å²) in [6.45, 7) is 1.88. The summed E-state index contributed by atoms with van der Waals surface area (Å²) in [6, 6.07) is 7.75. The molecule has 13 heavy (non-hydrogen) atoms. The van der Waals surface area contributed by atoms with Crippen molar-refractivity contribution in [1.82, 2.24) is 4.98 Å². The molecule has 1 heterocycles.